The predicted octanol–water partition coefficient (Wildman–Crippen LogP) is 4.10. The summed E-state index contributed by atoms with van der Waals surface area (Å²) in [5.74, 6) is 0. The number of hydrogen-bond donors (Lipinski definition) is 1. The third-order valence-corrected chi connectivity index (χ3v) is 3.51. The zero-order valence-corrected chi connectivity index (χ0v) is 11.7. The van der Waals surface area contributed by atoms with Crippen molar-refractivity contribution < 1.29 is 0 Å². The van der Waals surface area contributed by atoms with E-state index < -0.39 is 0 Å². The van der Waals surface area contributed by atoms with Crippen LogP contribution >= 0.6 is 46.4 Å². The number of nitrogens with one attached hydrogen (secondary N) is 1. The van der Waals surface area contributed by atoms with Gasteiger partial charge in [0, 0.05) is 20.5 Å². The molecule has 2 rings (SSSR count). The van der Waals surface area contributed by atoms with E-state index in [1.54, 1.807) is 0 Å². The van der Waals surface area contributed by atoms with Crippen molar-refractivity contribution in [2.75, 3.05) is 0 Å². The Morgan fingerprint density at radius 3 is 2.73 bits per heavy atom. The van der Waals surface area contributed by atoms with Gasteiger partial charge in [0.1, 0.15) is 0 Å². The molecule has 5 heteroatoms. The summed E-state index contributed by atoms with van der Waals surface area (Å²) in [6.07, 6.45) is 1.90. The van der Waals surface area contributed by atoms with E-state index in [4.69, 9.17) is 23.8 Å². The van der Waals surface area contributed by atoms with Gasteiger partial charge < -0.3 is 4.98 Å². The minimum Gasteiger partial charge on any atom is -0.337 e. The Kier molecular flexibility index (Phi) is 3.18. The maximum Gasteiger partial charge on any atom is 0.182 e. The molecule has 0 fully saturated rings. The first-order valence-electron chi connectivity index (χ1n) is 4.32. The Morgan fingerprint density at radius 2 is 2.20 bits per heavy atom. The summed E-state index contributed by atoms with van der Waals surface area (Å²) in [6, 6.07) is 5.76. The Bertz CT molecular complexity index is 559. The average molecular weight is 351 g/mol. The van der Waals surface area contributed by atoms with Crippen LogP contribution in [-0.2, 0) is 0 Å². The number of nitrogens with zero attached hydrogens (tertiary/aromatic N) is 1. The molecule has 15 heavy (non-hydrogen) atoms. The van der Waals surface area contributed by atoms with Crippen molar-refractivity contribution in [2.45, 2.75) is 6.92 Å². The van der Waals surface area contributed by atoms with Gasteiger partial charge in [-0.05, 0) is 59.9 Å². The molecule has 2 nitrogen and oxygen atoms in total. The highest BCUT2D eigenvalue weighted by Gasteiger charge is 2.06. The molecule has 0 amide bonds. The lowest BCUT2D eigenvalue weighted by Gasteiger charge is -2.07. The Hall–Kier alpha value is -0.330. The van der Waals surface area contributed by atoms with Crippen molar-refractivity contribution in [1.82, 2.24) is 9.55 Å². The van der Waals surface area contributed by atoms with E-state index in [2.05, 4.69) is 27.6 Å². The van der Waals surface area contributed by atoms with Gasteiger partial charge in [0.25, 0.3) is 0 Å². The molecule has 78 valence electrons. The van der Waals surface area contributed by atoms with Gasteiger partial charge in [0.2, 0.25) is 0 Å². The molecule has 0 unspecified atom stereocenters. The standard InChI is InChI=1S/C10H8ClIN2S/c1-6-5-13-10(15)14(6)9-3-2-7(11)4-8(9)12/h2-5H,1H3,(H,13,15). The van der Waals surface area contributed by atoms with E-state index in [0.717, 1.165) is 20.0 Å². The number of halogens is 2. The molecule has 1 aromatic carbocycles. The normalized spacial score (nSPS) is 10.6. The lowest BCUT2D eigenvalue weighted by atomic mass is 10.3. The first-order valence-corrected chi connectivity index (χ1v) is 6.18. The van der Waals surface area contributed by atoms with Crippen LogP contribution in [-0.4, -0.2) is 9.55 Å². The van der Waals surface area contributed by atoms with Crippen LogP contribution in [0.3, 0.4) is 0 Å². The fourth-order valence-corrected chi connectivity index (χ4v) is 2.83. The van der Waals surface area contributed by atoms with Gasteiger partial charge in [-0.2, -0.15) is 0 Å². The molecule has 0 aliphatic rings. The van der Waals surface area contributed by atoms with Gasteiger partial charge in [0.05, 0.1) is 5.69 Å². The summed E-state index contributed by atoms with van der Waals surface area (Å²) in [6.45, 7) is 2.01. The lowest BCUT2D eigenvalue weighted by molar-refractivity contribution is 0.978. The topological polar surface area (TPSA) is 20.7 Å². The number of aromatic nitrogens is 2. The van der Waals surface area contributed by atoms with Crippen LogP contribution in [0.25, 0.3) is 5.69 Å². The fraction of sp³-hybridized carbons (Fsp3) is 0.100. The molecule has 0 saturated heterocycles. The minimum absolute atomic E-state index is 0.702. The Labute approximate surface area is 111 Å². The monoisotopic (exact) mass is 350 g/mol. The molecule has 0 bridgehead atoms. The van der Waals surface area contributed by atoms with Crippen LogP contribution in [0.5, 0.6) is 0 Å². The van der Waals surface area contributed by atoms with Gasteiger partial charge in [-0.15, -0.1) is 0 Å². The van der Waals surface area contributed by atoms with Crippen molar-refractivity contribution in [3.8, 4) is 5.69 Å². The molecular weight excluding hydrogens is 343 g/mol. The maximum atomic E-state index is 5.91. The first-order chi connectivity index (χ1) is 7.09. The van der Waals surface area contributed by atoms with E-state index in [9.17, 15) is 0 Å². The fourth-order valence-electron chi connectivity index (χ4n) is 1.42. The van der Waals surface area contributed by atoms with Gasteiger partial charge in [-0.1, -0.05) is 11.6 Å². The second-order valence-electron chi connectivity index (χ2n) is 3.17. The summed E-state index contributed by atoms with van der Waals surface area (Å²) in [4.78, 5) is 3.02. The lowest BCUT2D eigenvalue weighted by Crippen LogP contribution is -1.98. The highest BCUT2D eigenvalue weighted by atomic mass is 127. The molecule has 1 aromatic heterocycles. The van der Waals surface area contributed by atoms with E-state index in [1.165, 1.54) is 0 Å². The van der Waals surface area contributed by atoms with Gasteiger partial charge in [-0.3, -0.25) is 4.57 Å². The molecule has 0 aliphatic carbocycles. The van der Waals surface area contributed by atoms with Gasteiger partial charge >= 0.3 is 0 Å². The maximum absolute atomic E-state index is 5.91. The van der Waals surface area contributed by atoms with Crippen LogP contribution in [0, 0.1) is 15.3 Å². The van der Waals surface area contributed by atoms with Crippen LogP contribution in [0.2, 0.25) is 5.02 Å². The molecule has 2 aromatic rings. The SMILES string of the molecule is Cc1c[nH]c(=S)n1-c1ccc(Cl)cc1I. The summed E-state index contributed by atoms with van der Waals surface area (Å²) >= 11 is 13.4. The van der Waals surface area contributed by atoms with Crippen molar-refractivity contribution in [3.05, 3.63) is 43.5 Å². The van der Waals surface area contributed by atoms with E-state index in [-0.39, 0.29) is 0 Å². The zero-order chi connectivity index (χ0) is 11.0. The van der Waals surface area contributed by atoms with Crippen molar-refractivity contribution in [1.29, 1.82) is 0 Å². The van der Waals surface area contributed by atoms with Gasteiger partial charge in [-0.25, -0.2) is 0 Å². The second-order valence-corrected chi connectivity index (χ2v) is 5.15. The van der Waals surface area contributed by atoms with E-state index >= 15 is 0 Å². The van der Waals surface area contributed by atoms with Crippen LogP contribution < -0.4 is 0 Å². The highest BCUT2D eigenvalue weighted by molar-refractivity contribution is 14.1. The van der Waals surface area contributed by atoms with Gasteiger partial charge in [0.15, 0.2) is 4.77 Å². The van der Waals surface area contributed by atoms with Crippen molar-refractivity contribution in [2.24, 2.45) is 0 Å². The van der Waals surface area contributed by atoms with Crippen molar-refractivity contribution in [3.63, 3.8) is 0 Å². The third-order valence-electron chi connectivity index (χ3n) is 2.11. The molecular formula is C10H8ClIN2S. The smallest absolute Gasteiger partial charge is 0.182 e. The number of hydrogen-bond acceptors (Lipinski definition) is 1. The average Bonchev–Trinajstić information content (AvgIpc) is 2.48. The van der Waals surface area contributed by atoms with Crippen LogP contribution in [0.15, 0.2) is 24.4 Å². The number of imidazole rings is 1. The first kappa shape index (κ1) is 11.2. The summed E-state index contributed by atoms with van der Waals surface area (Å²) in [5.41, 5.74) is 2.14. The molecule has 0 saturated carbocycles. The number of rotatable bonds is 1. The highest BCUT2D eigenvalue weighted by Crippen LogP contribution is 2.22. The summed E-state index contributed by atoms with van der Waals surface area (Å²) < 4.78 is 3.78. The molecule has 0 aliphatic heterocycles. The zero-order valence-electron chi connectivity index (χ0n) is 7.92. The van der Waals surface area contributed by atoms with E-state index in [1.807, 2.05) is 35.9 Å². The third kappa shape index (κ3) is 2.11. The van der Waals surface area contributed by atoms with Crippen LogP contribution in [0.1, 0.15) is 5.69 Å². The van der Waals surface area contributed by atoms with Crippen LogP contribution in [0.4, 0.5) is 0 Å². The minimum atomic E-state index is 0.702. The molecule has 0 radical (unpaired) electrons. The summed E-state index contributed by atoms with van der Waals surface area (Å²) in [7, 11) is 0. The largest absolute Gasteiger partial charge is 0.337 e. The number of H-pyrrole nitrogens is 1. The van der Waals surface area contributed by atoms with Crippen molar-refractivity contribution >= 4 is 46.4 Å². The number of aromatic amines is 1. The van der Waals surface area contributed by atoms with E-state index in [0.29, 0.717) is 4.77 Å². The Morgan fingerprint density at radius 1 is 1.47 bits per heavy atom. The molecule has 0 spiro atoms. The summed E-state index contributed by atoms with van der Waals surface area (Å²) in [5, 5.41) is 0.739. The number of aryl methyl sites for hydroxylation is 1. The number of benzene rings is 1. The quantitative estimate of drug-likeness (QED) is 0.606. The predicted molar refractivity (Wildman–Crippen MR) is 73.4 cm³/mol. The Balaban J connectivity index is 2.69. The molecule has 1 heterocycles. The second kappa shape index (κ2) is 4.27. The molecule has 0 atom stereocenters. The molecule has 1 N–H and O–H groups in total.